The summed E-state index contributed by atoms with van der Waals surface area (Å²) in [5, 5.41) is 10.6. The van der Waals surface area contributed by atoms with Crippen molar-refractivity contribution >= 4 is 39.5 Å². The number of carbonyl (C=O) groups excluding carboxylic acids is 4. The first kappa shape index (κ1) is 101. The van der Waals surface area contributed by atoms with E-state index in [0.29, 0.717) is 25.7 Å². The molecule has 103 heavy (non-hydrogen) atoms. The van der Waals surface area contributed by atoms with Crippen LogP contribution in [0, 0.1) is 5.92 Å². The first-order valence-corrected chi connectivity index (χ1v) is 46.7. The summed E-state index contributed by atoms with van der Waals surface area (Å²) in [5.41, 5.74) is 0. The van der Waals surface area contributed by atoms with Crippen LogP contribution in [0.1, 0.15) is 452 Å². The maximum Gasteiger partial charge on any atom is 0.472 e. The molecule has 6 atom stereocenters. The molecule has 612 valence electrons. The van der Waals surface area contributed by atoms with Gasteiger partial charge < -0.3 is 33.8 Å². The van der Waals surface area contributed by atoms with Crippen LogP contribution in [-0.4, -0.2) is 96.7 Å². The molecule has 3 unspecified atom stereocenters. The van der Waals surface area contributed by atoms with Crippen molar-refractivity contribution in [1.29, 1.82) is 0 Å². The number of hydrogen-bond donors (Lipinski definition) is 3. The molecule has 3 N–H and O–H groups in total. The zero-order chi connectivity index (χ0) is 75.5. The second kappa shape index (κ2) is 76.8. The minimum absolute atomic E-state index is 0.108. The second-order valence-corrected chi connectivity index (χ2v) is 33.4. The number of phosphoric ester groups is 2. The Labute approximate surface area is 632 Å². The van der Waals surface area contributed by atoms with E-state index < -0.39 is 97.5 Å². The summed E-state index contributed by atoms with van der Waals surface area (Å²) < 4.78 is 68.7. The molecule has 0 aliphatic carbocycles. The summed E-state index contributed by atoms with van der Waals surface area (Å²) in [6, 6.07) is 0. The van der Waals surface area contributed by atoms with Crippen molar-refractivity contribution in [3.63, 3.8) is 0 Å². The van der Waals surface area contributed by atoms with Gasteiger partial charge in [-0.1, -0.05) is 401 Å². The van der Waals surface area contributed by atoms with E-state index in [0.717, 1.165) is 102 Å². The van der Waals surface area contributed by atoms with Crippen molar-refractivity contribution in [3.8, 4) is 0 Å². The monoisotopic (exact) mass is 1510 g/mol. The number of carbonyl (C=O) groups is 4. The molecule has 0 radical (unpaired) electrons. The predicted octanol–water partition coefficient (Wildman–Crippen LogP) is 25.6. The molecule has 0 aromatic carbocycles. The van der Waals surface area contributed by atoms with Crippen molar-refractivity contribution in [2.24, 2.45) is 5.92 Å². The van der Waals surface area contributed by atoms with E-state index in [2.05, 4.69) is 34.6 Å². The summed E-state index contributed by atoms with van der Waals surface area (Å²) in [4.78, 5) is 73.0. The van der Waals surface area contributed by atoms with Gasteiger partial charge in [-0.15, -0.1) is 0 Å². The van der Waals surface area contributed by atoms with Gasteiger partial charge in [-0.3, -0.25) is 37.3 Å². The molecule has 0 amide bonds. The predicted molar refractivity (Wildman–Crippen MR) is 423 cm³/mol. The first-order valence-electron chi connectivity index (χ1n) is 43.7. The quantitative estimate of drug-likeness (QED) is 0.0222. The van der Waals surface area contributed by atoms with E-state index >= 15 is 0 Å². The number of aliphatic hydroxyl groups is 1. The molecule has 0 rings (SSSR count). The van der Waals surface area contributed by atoms with Crippen LogP contribution in [0.15, 0.2) is 0 Å². The van der Waals surface area contributed by atoms with Gasteiger partial charge in [0.05, 0.1) is 26.4 Å². The Hall–Kier alpha value is -1.94. The van der Waals surface area contributed by atoms with Crippen LogP contribution in [0.3, 0.4) is 0 Å². The van der Waals surface area contributed by atoms with E-state index in [1.165, 1.54) is 270 Å². The number of phosphoric acid groups is 2. The number of aliphatic hydroxyl groups excluding tert-OH is 1. The van der Waals surface area contributed by atoms with E-state index in [-0.39, 0.29) is 25.7 Å². The fourth-order valence-electron chi connectivity index (χ4n) is 13.1. The molecule has 0 saturated heterocycles. The molecule has 0 aliphatic heterocycles. The summed E-state index contributed by atoms with van der Waals surface area (Å²) in [5.74, 6) is -1.24. The Bertz CT molecular complexity index is 1960. The van der Waals surface area contributed by atoms with E-state index in [4.69, 9.17) is 37.0 Å². The van der Waals surface area contributed by atoms with Gasteiger partial charge in [0.15, 0.2) is 12.2 Å². The Kier molecular flexibility index (Phi) is 75.4. The van der Waals surface area contributed by atoms with Gasteiger partial charge in [-0.25, -0.2) is 9.13 Å². The second-order valence-electron chi connectivity index (χ2n) is 30.5. The average molecular weight is 1510 g/mol. The third-order valence-corrected chi connectivity index (χ3v) is 22.0. The molecule has 0 bridgehead atoms. The van der Waals surface area contributed by atoms with Crippen LogP contribution in [0.2, 0.25) is 0 Å². The number of hydrogen-bond acceptors (Lipinski definition) is 15. The van der Waals surface area contributed by atoms with Crippen LogP contribution >= 0.6 is 15.6 Å². The Morgan fingerprint density at radius 2 is 0.466 bits per heavy atom. The third-order valence-electron chi connectivity index (χ3n) is 20.1. The molecule has 0 saturated carbocycles. The molecule has 0 heterocycles. The minimum atomic E-state index is -4.96. The third kappa shape index (κ3) is 76.6. The Balaban J connectivity index is 5.16. The van der Waals surface area contributed by atoms with Crippen molar-refractivity contribution < 1.29 is 80.2 Å². The van der Waals surface area contributed by atoms with Gasteiger partial charge in [-0.2, -0.15) is 0 Å². The molecule has 0 aromatic rings. The molecule has 0 aromatic heterocycles. The molecule has 19 heteroatoms. The highest BCUT2D eigenvalue weighted by Crippen LogP contribution is 2.45. The van der Waals surface area contributed by atoms with Crippen molar-refractivity contribution in [2.75, 3.05) is 39.6 Å². The fourth-order valence-corrected chi connectivity index (χ4v) is 14.7. The van der Waals surface area contributed by atoms with Crippen molar-refractivity contribution in [2.45, 2.75) is 470 Å². The van der Waals surface area contributed by atoms with Crippen molar-refractivity contribution in [3.05, 3.63) is 0 Å². The van der Waals surface area contributed by atoms with Crippen LogP contribution in [0.25, 0.3) is 0 Å². The molecule has 0 spiro atoms. The van der Waals surface area contributed by atoms with Gasteiger partial charge in [0, 0.05) is 25.7 Å². The normalized spacial score (nSPS) is 14.1. The lowest BCUT2D eigenvalue weighted by molar-refractivity contribution is -0.161. The van der Waals surface area contributed by atoms with Gasteiger partial charge in [0.25, 0.3) is 0 Å². The van der Waals surface area contributed by atoms with Crippen molar-refractivity contribution in [1.82, 2.24) is 0 Å². The highest BCUT2D eigenvalue weighted by molar-refractivity contribution is 7.47. The lowest BCUT2D eigenvalue weighted by Gasteiger charge is -2.21. The van der Waals surface area contributed by atoms with Crippen LogP contribution in [0.5, 0.6) is 0 Å². The molecule has 0 aliphatic rings. The smallest absolute Gasteiger partial charge is 0.462 e. The van der Waals surface area contributed by atoms with E-state index in [1.54, 1.807) is 0 Å². The van der Waals surface area contributed by atoms with E-state index in [1.807, 2.05) is 0 Å². The topological polar surface area (TPSA) is 237 Å². The number of ether oxygens (including phenoxy) is 4. The molecular weight excluding hydrogens is 1340 g/mol. The summed E-state index contributed by atoms with van der Waals surface area (Å²) in [7, 11) is -9.92. The fraction of sp³-hybridized carbons (Fsp3) is 0.952. The zero-order valence-corrected chi connectivity index (χ0v) is 69.3. The first-order chi connectivity index (χ1) is 50.1. The van der Waals surface area contributed by atoms with Crippen LogP contribution in [-0.2, 0) is 65.4 Å². The van der Waals surface area contributed by atoms with Gasteiger partial charge in [0.1, 0.15) is 19.3 Å². The maximum atomic E-state index is 13.1. The molecule has 17 nitrogen and oxygen atoms in total. The van der Waals surface area contributed by atoms with Gasteiger partial charge in [-0.05, 0) is 31.6 Å². The lowest BCUT2D eigenvalue weighted by Crippen LogP contribution is -2.30. The van der Waals surface area contributed by atoms with Gasteiger partial charge >= 0.3 is 39.5 Å². The van der Waals surface area contributed by atoms with E-state index in [9.17, 15) is 43.2 Å². The summed E-state index contributed by atoms with van der Waals surface area (Å²) in [6.07, 6.45) is 69.6. The number of unbranched alkanes of at least 4 members (excludes halogenated alkanes) is 55. The summed E-state index contributed by atoms with van der Waals surface area (Å²) in [6.45, 7) is 7.38. The summed E-state index contributed by atoms with van der Waals surface area (Å²) >= 11 is 0. The molecular formula is C84H164O17P2. The van der Waals surface area contributed by atoms with Gasteiger partial charge in [0.2, 0.25) is 0 Å². The van der Waals surface area contributed by atoms with Crippen LogP contribution in [0.4, 0.5) is 0 Å². The SMILES string of the molecule is CCCCCCCCCCCCCCCCCCCCCCCC(=O)OC[C@H](COP(=O)(O)OC[C@@H](O)COP(=O)(O)OC[C@@H](COC(=O)CCCCCCCCCC)OC(=O)CCCCCCCCCCCCCC)OC(=O)CCCCCCCCCCCCCCCCCCCCC(C)CC. The Morgan fingerprint density at radius 1 is 0.272 bits per heavy atom. The maximum absolute atomic E-state index is 13.1. The highest BCUT2D eigenvalue weighted by atomic mass is 31.2. The standard InChI is InChI=1S/C84H164O17P2/c1-6-10-13-16-19-22-24-26-27-28-29-30-31-35-38-41-45-48-53-58-63-68-82(87)95-74-80(101-84(89)70-65-60-55-50-46-42-39-36-33-32-34-37-40-43-47-51-56-61-66-77(5)9-4)76-99-103(92,93)97-72-78(85)71-96-102(90,91)98-75-79(73-94-81(86)67-62-57-52-21-18-15-12-8-3)100-83(88)69-64-59-54-49-44-25-23-20-17-14-11-7-2/h77-80,85H,6-76H2,1-5H3,(H,90,91)(H,92,93)/t77?,78-,79+,80+/m0/s1. The highest BCUT2D eigenvalue weighted by Gasteiger charge is 2.30. The average Bonchev–Trinajstić information content (AvgIpc) is 0.985. The number of rotatable bonds is 84. The van der Waals surface area contributed by atoms with Crippen LogP contribution < -0.4 is 0 Å². The lowest BCUT2D eigenvalue weighted by atomic mass is 9.99. The molecule has 0 fully saturated rings. The zero-order valence-electron chi connectivity index (χ0n) is 67.5. The minimum Gasteiger partial charge on any atom is -0.462 e. The Morgan fingerprint density at radius 3 is 0.689 bits per heavy atom. The largest absolute Gasteiger partial charge is 0.472 e. The number of esters is 4.